The molecule has 1 aliphatic rings. The minimum atomic E-state index is 0.291. The molecule has 0 saturated carbocycles. The van der Waals surface area contributed by atoms with Crippen molar-refractivity contribution in [2.24, 2.45) is 0 Å². The summed E-state index contributed by atoms with van der Waals surface area (Å²) in [6.07, 6.45) is 1.33. The smallest absolute Gasteiger partial charge is 0.103 e. The summed E-state index contributed by atoms with van der Waals surface area (Å²) in [7, 11) is 1.75. The van der Waals surface area contributed by atoms with Gasteiger partial charge in [0.1, 0.15) is 6.07 Å². The molecule has 18 heavy (non-hydrogen) atoms. The van der Waals surface area contributed by atoms with Crippen LogP contribution in [0, 0.1) is 11.3 Å². The van der Waals surface area contributed by atoms with Crippen molar-refractivity contribution in [1.29, 1.82) is 5.26 Å². The summed E-state index contributed by atoms with van der Waals surface area (Å²) in [6, 6.07) is 8.46. The molecule has 0 amide bonds. The van der Waals surface area contributed by atoms with E-state index in [1.165, 1.54) is 0 Å². The largest absolute Gasteiger partial charge is 0.380 e. The lowest BCUT2D eigenvalue weighted by Gasteiger charge is -2.20. The number of hydrogen-bond donors (Lipinski definition) is 0. The number of hydrogen-bond acceptors (Lipinski definition) is 4. The molecule has 1 aromatic rings. The Hall–Kier alpha value is -1.18. The third-order valence-electron chi connectivity index (χ3n) is 3.23. The lowest BCUT2D eigenvalue weighted by atomic mass is 10.2. The molecule has 1 saturated heterocycles. The van der Waals surface area contributed by atoms with E-state index in [9.17, 15) is 5.26 Å². The molecular formula is C14H18N2OS. The lowest BCUT2D eigenvalue weighted by Crippen LogP contribution is -2.23. The van der Waals surface area contributed by atoms with Gasteiger partial charge in [-0.1, -0.05) is 13.0 Å². The number of nitrogens with zero attached hydrogens (tertiary/aromatic N) is 2. The van der Waals surface area contributed by atoms with Gasteiger partial charge in [0, 0.05) is 25.1 Å². The first-order chi connectivity index (χ1) is 8.80. The van der Waals surface area contributed by atoms with E-state index in [1.807, 2.05) is 18.2 Å². The van der Waals surface area contributed by atoms with Crippen LogP contribution in [-0.2, 0) is 4.74 Å². The summed E-state index contributed by atoms with van der Waals surface area (Å²) in [4.78, 5) is 3.34. The van der Waals surface area contributed by atoms with Crippen molar-refractivity contribution < 1.29 is 4.74 Å². The van der Waals surface area contributed by atoms with Gasteiger partial charge >= 0.3 is 0 Å². The molecule has 0 aliphatic carbocycles. The van der Waals surface area contributed by atoms with Crippen molar-refractivity contribution >= 4 is 17.4 Å². The Morgan fingerprint density at radius 2 is 2.39 bits per heavy atom. The van der Waals surface area contributed by atoms with Crippen LogP contribution >= 0.6 is 11.8 Å². The van der Waals surface area contributed by atoms with Crippen LogP contribution in [0.5, 0.6) is 0 Å². The summed E-state index contributed by atoms with van der Waals surface area (Å²) < 4.78 is 5.38. The minimum absolute atomic E-state index is 0.291. The number of rotatable bonds is 4. The minimum Gasteiger partial charge on any atom is -0.380 e. The monoisotopic (exact) mass is 262 g/mol. The highest BCUT2D eigenvalue weighted by Gasteiger charge is 2.24. The zero-order chi connectivity index (χ0) is 13.0. The third-order valence-corrected chi connectivity index (χ3v) is 4.17. The Bertz CT molecular complexity index is 456. The van der Waals surface area contributed by atoms with E-state index in [0.29, 0.717) is 6.10 Å². The zero-order valence-corrected chi connectivity index (χ0v) is 11.7. The standard InChI is InChI=1S/C14H18N2OS/c1-3-18-14-6-4-5-13(12(14)9-15)16-8-7-11(10-16)17-2/h4-6,11H,3,7-8,10H2,1-2H3. The SMILES string of the molecule is CCSc1cccc(N2CCC(OC)C2)c1C#N. The highest BCUT2D eigenvalue weighted by Crippen LogP contribution is 2.32. The molecule has 1 heterocycles. The van der Waals surface area contributed by atoms with Crippen molar-refractivity contribution in [3.8, 4) is 6.07 Å². The number of methoxy groups -OCH3 is 1. The van der Waals surface area contributed by atoms with Crippen molar-refractivity contribution in [2.45, 2.75) is 24.3 Å². The number of benzene rings is 1. The Kier molecular flexibility index (Phi) is 4.51. The van der Waals surface area contributed by atoms with Gasteiger partial charge in [-0.3, -0.25) is 0 Å². The second kappa shape index (κ2) is 6.12. The van der Waals surface area contributed by atoms with Crippen LogP contribution < -0.4 is 4.90 Å². The average Bonchev–Trinajstić information content (AvgIpc) is 2.87. The molecule has 1 unspecified atom stereocenters. The van der Waals surface area contributed by atoms with Gasteiger partial charge in [-0.25, -0.2) is 0 Å². The van der Waals surface area contributed by atoms with Crippen LogP contribution in [0.2, 0.25) is 0 Å². The number of thioether (sulfide) groups is 1. The Morgan fingerprint density at radius 1 is 1.56 bits per heavy atom. The molecule has 4 heteroatoms. The molecule has 3 nitrogen and oxygen atoms in total. The van der Waals surface area contributed by atoms with Gasteiger partial charge in [0.2, 0.25) is 0 Å². The van der Waals surface area contributed by atoms with Crippen LogP contribution in [0.15, 0.2) is 23.1 Å². The molecule has 0 N–H and O–H groups in total. The van der Waals surface area contributed by atoms with Gasteiger partial charge in [-0.15, -0.1) is 11.8 Å². The van der Waals surface area contributed by atoms with Crippen molar-refractivity contribution in [2.75, 3.05) is 30.9 Å². The maximum atomic E-state index is 9.39. The Morgan fingerprint density at radius 3 is 3.00 bits per heavy atom. The third kappa shape index (κ3) is 2.63. The van der Waals surface area contributed by atoms with E-state index in [0.717, 1.165) is 41.4 Å². The van der Waals surface area contributed by atoms with Crippen molar-refractivity contribution in [3.63, 3.8) is 0 Å². The molecule has 2 rings (SSSR count). The maximum absolute atomic E-state index is 9.39. The number of ether oxygens (including phenoxy) is 1. The van der Waals surface area contributed by atoms with E-state index < -0.39 is 0 Å². The molecule has 0 bridgehead atoms. The van der Waals surface area contributed by atoms with E-state index in [-0.39, 0.29) is 0 Å². The van der Waals surface area contributed by atoms with Gasteiger partial charge in [-0.2, -0.15) is 5.26 Å². The number of anilines is 1. The predicted octanol–water partition coefficient (Wildman–Crippen LogP) is 2.90. The summed E-state index contributed by atoms with van der Waals surface area (Å²) in [5, 5.41) is 9.39. The summed E-state index contributed by atoms with van der Waals surface area (Å²) in [6.45, 7) is 3.95. The van der Waals surface area contributed by atoms with E-state index in [4.69, 9.17) is 4.74 Å². The number of nitriles is 1. The summed E-state index contributed by atoms with van der Waals surface area (Å²) in [5.41, 5.74) is 1.86. The molecular weight excluding hydrogens is 244 g/mol. The molecule has 1 aromatic carbocycles. The van der Waals surface area contributed by atoms with Crippen LogP contribution in [0.25, 0.3) is 0 Å². The fraction of sp³-hybridized carbons (Fsp3) is 0.500. The van der Waals surface area contributed by atoms with Gasteiger partial charge in [0.25, 0.3) is 0 Å². The van der Waals surface area contributed by atoms with Crippen LogP contribution in [0.1, 0.15) is 18.9 Å². The van der Waals surface area contributed by atoms with Gasteiger partial charge < -0.3 is 9.64 Å². The summed E-state index contributed by atoms with van der Waals surface area (Å²) in [5.74, 6) is 0.985. The molecule has 1 aliphatic heterocycles. The summed E-state index contributed by atoms with van der Waals surface area (Å²) >= 11 is 1.73. The second-order valence-corrected chi connectivity index (χ2v) is 5.59. The quantitative estimate of drug-likeness (QED) is 0.782. The fourth-order valence-electron chi connectivity index (χ4n) is 2.31. The highest BCUT2D eigenvalue weighted by atomic mass is 32.2. The first-order valence-electron chi connectivity index (χ1n) is 6.23. The van der Waals surface area contributed by atoms with Gasteiger partial charge in [0.15, 0.2) is 0 Å². The Balaban J connectivity index is 2.28. The van der Waals surface area contributed by atoms with Crippen LogP contribution in [0.3, 0.4) is 0 Å². The first kappa shape index (κ1) is 13.3. The normalized spacial score (nSPS) is 18.9. The van der Waals surface area contributed by atoms with E-state index in [1.54, 1.807) is 18.9 Å². The van der Waals surface area contributed by atoms with Crippen LogP contribution in [0.4, 0.5) is 5.69 Å². The first-order valence-corrected chi connectivity index (χ1v) is 7.22. The maximum Gasteiger partial charge on any atom is 0.103 e. The second-order valence-electron chi connectivity index (χ2n) is 4.29. The predicted molar refractivity (Wildman–Crippen MR) is 75.2 cm³/mol. The fourth-order valence-corrected chi connectivity index (χ4v) is 3.09. The van der Waals surface area contributed by atoms with Gasteiger partial charge in [0.05, 0.1) is 17.4 Å². The average molecular weight is 262 g/mol. The molecule has 0 aromatic heterocycles. The van der Waals surface area contributed by atoms with Crippen molar-refractivity contribution in [3.05, 3.63) is 23.8 Å². The Labute approximate surface area is 113 Å². The molecule has 0 radical (unpaired) electrons. The lowest BCUT2D eigenvalue weighted by molar-refractivity contribution is 0.121. The highest BCUT2D eigenvalue weighted by molar-refractivity contribution is 7.99. The van der Waals surface area contributed by atoms with Crippen molar-refractivity contribution in [1.82, 2.24) is 0 Å². The van der Waals surface area contributed by atoms with E-state index >= 15 is 0 Å². The molecule has 96 valence electrons. The zero-order valence-electron chi connectivity index (χ0n) is 10.8. The molecule has 1 atom stereocenters. The topological polar surface area (TPSA) is 36.3 Å². The van der Waals surface area contributed by atoms with Crippen LogP contribution in [-0.4, -0.2) is 32.1 Å². The van der Waals surface area contributed by atoms with E-state index in [2.05, 4.69) is 17.9 Å². The van der Waals surface area contributed by atoms with Gasteiger partial charge in [-0.05, 0) is 24.3 Å². The molecule has 1 fully saturated rings. The molecule has 0 spiro atoms.